The van der Waals surface area contributed by atoms with Crippen molar-refractivity contribution in [1.29, 1.82) is 0 Å². The van der Waals surface area contributed by atoms with E-state index in [0.717, 1.165) is 11.3 Å². The quantitative estimate of drug-likeness (QED) is 0.737. The van der Waals surface area contributed by atoms with Crippen molar-refractivity contribution in [2.45, 2.75) is 0 Å². The molecule has 0 atom stereocenters. The summed E-state index contributed by atoms with van der Waals surface area (Å²) in [6.45, 7) is 0. The molecule has 3 rings (SSSR count). The van der Waals surface area contributed by atoms with E-state index in [1.54, 1.807) is 17.9 Å². The second kappa shape index (κ2) is 4.60. The number of aryl methyl sites for hydroxylation is 1. The van der Waals surface area contributed by atoms with Gasteiger partial charge in [0.25, 0.3) is 0 Å². The monoisotopic (exact) mass is 292 g/mol. The molecule has 6 nitrogen and oxygen atoms in total. The summed E-state index contributed by atoms with van der Waals surface area (Å²) in [5.74, 6) is 0.490. The Hall–Kier alpha value is -1.99. The number of aromatic amines is 1. The molecule has 0 saturated heterocycles. The number of aromatic nitrogens is 6. The number of hydrogen-bond acceptors (Lipinski definition) is 4. The van der Waals surface area contributed by atoms with E-state index in [9.17, 15) is 0 Å². The van der Waals surface area contributed by atoms with Gasteiger partial charge < -0.3 is 0 Å². The van der Waals surface area contributed by atoms with Crippen LogP contribution in [-0.4, -0.2) is 30.0 Å². The first-order valence-electron chi connectivity index (χ1n) is 5.46. The van der Waals surface area contributed by atoms with Gasteiger partial charge in [0.2, 0.25) is 5.82 Å². The van der Waals surface area contributed by atoms with Crippen LogP contribution in [0.2, 0.25) is 5.02 Å². The van der Waals surface area contributed by atoms with Gasteiger partial charge in [-0.2, -0.15) is 4.80 Å². The molecule has 1 N–H and O–H groups in total. The largest absolute Gasteiger partial charge is 0.299 e. The lowest BCUT2D eigenvalue weighted by Gasteiger charge is -2.02. The molecule has 0 fully saturated rings. The topological polar surface area (TPSA) is 64.3 Å². The van der Waals surface area contributed by atoms with Crippen LogP contribution in [0.4, 0.5) is 0 Å². The number of hydrogen-bond donors (Lipinski definition) is 1. The Balaban J connectivity index is 2.11. The van der Waals surface area contributed by atoms with E-state index >= 15 is 0 Å². The molecule has 0 radical (unpaired) electrons. The van der Waals surface area contributed by atoms with Gasteiger partial charge in [-0.25, -0.2) is 4.68 Å². The maximum Gasteiger partial charge on any atom is 0.209 e. The van der Waals surface area contributed by atoms with E-state index < -0.39 is 0 Å². The van der Waals surface area contributed by atoms with Crippen molar-refractivity contribution in [3.05, 3.63) is 40.1 Å². The van der Waals surface area contributed by atoms with E-state index in [1.165, 1.54) is 4.80 Å². The number of tetrazole rings is 1. The average molecular weight is 293 g/mol. The number of benzene rings is 1. The molecule has 2 aromatic heterocycles. The fourth-order valence-corrected chi connectivity index (χ4v) is 2.22. The van der Waals surface area contributed by atoms with Gasteiger partial charge in [-0.3, -0.25) is 5.10 Å². The summed E-state index contributed by atoms with van der Waals surface area (Å²) in [5.41, 5.74) is 1.58. The third-order valence-corrected chi connectivity index (χ3v) is 3.22. The van der Waals surface area contributed by atoms with E-state index in [0.29, 0.717) is 15.5 Å². The summed E-state index contributed by atoms with van der Waals surface area (Å²) in [7, 11) is 1.71. The molecule has 19 heavy (non-hydrogen) atoms. The first-order chi connectivity index (χ1) is 9.15. The zero-order valence-electron chi connectivity index (χ0n) is 9.91. The predicted octanol–water partition coefficient (Wildman–Crippen LogP) is 2.38. The molecular weight excluding hydrogens is 284 g/mol. The zero-order chi connectivity index (χ0) is 13.4. The first kappa shape index (κ1) is 12.1. The van der Waals surface area contributed by atoms with Gasteiger partial charge in [-0.1, -0.05) is 29.9 Å². The Labute approximate surface area is 118 Å². The molecule has 8 heteroatoms. The summed E-state index contributed by atoms with van der Waals surface area (Å²) >= 11 is 11.4. The van der Waals surface area contributed by atoms with Crippen molar-refractivity contribution in [3.63, 3.8) is 0 Å². The molecular formula is C11H9ClN6S. The third-order valence-electron chi connectivity index (χ3n) is 2.59. The van der Waals surface area contributed by atoms with Crippen molar-refractivity contribution in [3.8, 4) is 17.1 Å². The molecule has 0 aliphatic rings. The van der Waals surface area contributed by atoms with Crippen LogP contribution in [0, 0.1) is 4.64 Å². The second-order valence-corrected chi connectivity index (χ2v) is 4.73. The van der Waals surface area contributed by atoms with Crippen LogP contribution >= 0.6 is 23.8 Å². The zero-order valence-corrected chi connectivity index (χ0v) is 11.5. The van der Waals surface area contributed by atoms with E-state index in [2.05, 4.69) is 20.5 Å². The van der Waals surface area contributed by atoms with Crippen LogP contribution in [0.25, 0.3) is 17.1 Å². The number of nitrogens with zero attached hydrogens (tertiary/aromatic N) is 5. The number of nitrogens with one attached hydrogen (secondary N) is 1. The highest BCUT2D eigenvalue weighted by Gasteiger charge is 2.11. The molecule has 96 valence electrons. The SMILES string of the molecule is Cn1nnc(-c2c[nH]n(-c3cccc(Cl)c3)c2=S)n1. The van der Waals surface area contributed by atoms with E-state index in [4.69, 9.17) is 23.8 Å². The number of halogens is 1. The highest BCUT2D eigenvalue weighted by atomic mass is 35.5. The molecule has 0 aliphatic heterocycles. The Bertz CT molecular complexity index is 786. The van der Waals surface area contributed by atoms with Crippen molar-refractivity contribution in [2.75, 3.05) is 0 Å². The van der Waals surface area contributed by atoms with Crippen molar-refractivity contribution < 1.29 is 0 Å². The van der Waals surface area contributed by atoms with Crippen molar-refractivity contribution >= 4 is 23.8 Å². The van der Waals surface area contributed by atoms with Gasteiger partial charge in [0, 0.05) is 11.2 Å². The van der Waals surface area contributed by atoms with Crippen molar-refractivity contribution in [1.82, 2.24) is 30.0 Å². The van der Waals surface area contributed by atoms with Gasteiger partial charge in [-0.15, -0.1) is 10.2 Å². The smallest absolute Gasteiger partial charge is 0.209 e. The highest BCUT2D eigenvalue weighted by Crippen LogP contribution is 2.20. The minimum Gasteiger partial charge on any atom is -0.299 e. The Morgan fingerprint density at radius 2 is 2.21 bits per heavy atom. The predicted molar refractivity (Wildman–Crippen MR) is 73.8 cm³/mol. The number of rotatable bonds is 2. The molecule has 3 aromatic rings. The summed E-state index contributed by atoms with van der Waals surface area (Å²) in [6, 6.07) is 7.40. The Morgan fingerprint density at radius 3 is 2.89 bits per heavy atom. The fraction of sp³-hybridized carbons (Fsp3) is 0.0909. The van der Waals surface area contributed by atoms with Crippen LogP contribution in [0.5, 0.6) is 0 Å². The molecule has 1 aromatic carbocycles. The lowest BCUT2D eigenvalue weighted by Crippen LogP contribution is -1.95. The standard InChI is InChI=1S/C11H9ClN6S/c1-17-15-10(14-16-17)9-6-13-18(11(9)19)8-4-2-3-7(12)5-8/h2-6,13H,1H3. The minimum atomic E-state index is 0.490. The normalized spacial score (nSPS) is 10.8. The lowest BCUT2D eigenvalue weighted by molar-refractivity contribution is 0.630. The lowest BCUT2D eigenvalue weighted by atomic mass is 10.3. The first-order valence-corrected chi connectivity index (χ1v) is 6.24. The summed E-state index contributed by atoms with van der Waals surface area (Å²) in [6.07, 6.45) is 1.75. The summed E-state index contributed by atoms with van der Waals surface area (Å²) in [5, 5.41) is 15.6. The maximum atomic E-state index is 5.97. The van der Waals surface area contributed by atoms with Gasteiger partial charge in [0.1, 0.15) is 4.64 Å². The molecule has 0 unspecified atom stereocenters. The molecule has 0 aliphatic carbocycles. The van der Waals surface area contributed by atoms with E-state index in [-0.39, 0.29) is 0 Å². The van der Waals surface area contributed by atoms with Crippen LogP contribution in [0.3, 0.4) is 0 Å². The van der Waals surface area contributed by atoms with Crippen LogP contribution < -0.4 is 0 Å². The minimum absolute atomic E-state index is 0.490. The van der Waals surface area contributed by atoms with Crippen LogP contribution in [0.1, 0.15) is 0 Å². The Kier molecular flexibility index (Phi) is 2.92. The molecule has 0 spiro atoms. The fourth-order valence-electron chi connectivity index (χ4n) is 1.73. The molecule has 0 bridgehead atoms. The Morgan fingerprint density at radius 1 is 1.37 bits per heavy atom. The van der Waals surface area contributed by atoms with Crippen LogP contribution in [0.15, 0.2) is 30.5 Å². The maximum absolute atomic E-state index is 5.97. The molecule has 0 amide bonds. The average Bonchev–Trinajstić information content (AvgIpc) is 2.95. The summed E-state index contributed by atoms with van der Waals surface area (Å²) in [4.78, 5) is 1.39. The summed E-state index contributed by atoms with van der Waals surface area (Å²) < 4.78 is 2.32. The highest BCUT2D eigenvalue weighted by molar-refractivity contribution is 7.71. The van der Waals surface area contributed by atoms with Gasteiger partial charge in [0.15, 0.2) is 0 Å². The van der Waals surface area contributed by atoms with Gasteiger partial charge >= 0.3 is 0 Å². The van der Waals surface area contributed by atoms with Crippen LogP contribution in [-0.2, 0) is 7.05 Å². The molecule has 0 saturated carbocycles. The second-order valence-electron chi connectivity index (χ2n) is 3.91. The molecule has 2 heterocycles. The van der Waals surface area contributed by atoms with E-state index in [1.807, 2.05) is 24.3 Å². The number of H-pyrrole nitrogens is 1. The van der Waals surface area contributed by atoms with Gasteiger partial charge in [0.05, 0.1) is 18.3 Å². The third kappa shape index (κ3) is 2.18. The van der Waals surface area contributed by atoms with Crippen molar-refractivity contribution in [2.24, 2.45) is 7.05 Å². The van der Waals surface area contributed by atoms with Gasteiger partial charge in [-0.05, 0) is 23.4 Å².